The van der Waals surface area contributed by atoms with E-state index in [1.165, 1.54) is 24.1 Å². The number of carbonyl (C=O) groups excluding carboxylic acids is 4. The van der Waals surface area contributed by atoms with E-state index in [0.717, 1.165) is 22.0 Å². The maximum atomic E-state index is 15.5. The van der Waals surface area contributed by atoms with Gasteiger partial charge in [-0.25, -0.2) is 0 Å². The number of imide groups is 2. The van der Waals surface area contributed by atoms with Gasteiger partial charge < -0.3 is 19.9 Å². The fourth-order valence-corrected chi connectivity index (χ4v) is 10.2. The van der Waals surface area contributed by atoms with Crippen molar-refractivity contribution in [1.82, 2.24) is 5.01 Å². The SMILES string of the molecule is COc1ccc(C23C(=O)N(Nc4ccc(Cl)cc4Cl)C(=O)C2CC2C(=CCC4C(=O)N(c5ccc(Nc6ccccc6)cc5)C(=O)C42)C3c2ccc(O)c(OC)c2)cc1. The van der Waals surface area contributed by atoms with Crippen LogP contribution in [0.5, 0.6) is 17.2 Å². The molecule has 6 unspecified atom stereocenters. The second-order valence-corrected chi connectivity index (χ2v) is 16.0. The highest BCUT2D eigenvalue weighted by Crippen LogP contribution is 2.64. The van der Waals surface area contributed by atoms with E-state index in [9.17, 15) is 14.7 Å². The first-order valence-corrected chi connectivity index (χ1v) is 19.9. The third kappa shape index (κ3) is 6.10. The van der Waals surface area contributed by atoms with E-state index in [-0.39, 0.29) is 46.9 Å². The van der Waals surface area contributed by atoms with Crippen LogP contribution >= 0.6 is 23.2 Å². The molecule has 9 rings (SSSR count). The maximum absolute atomic E-state index is 15.5. The summed E-state index contributed by atoms with van der Waals surface area (Å²) in [6, 6.07) is 33.4. The van der Waals surface area contributed by atoms with Crippen molar-refractivity contribution in [1.29, 1.82) is 0 Å². The Hall–Kier alpha value is -6.30. The smallest absolute Gasteiger partial charge is 0.260 e. The van der Waals surface area contributed by atoms with Crippen LogP contribution in [0, 0.1) is 23.7 Å². The van der Waals surface area contributed by atoms with Crippen molar-refractivity contribution in [2.75, 3.05) is 29.9 Å². The van der Waals surface area contributed by atoms with Crippen molar-refractivity contribution in [3.8, 4) is 17.2 Å². The summed E-state index contributed by atoms with van der Waals surface area (Å²) in [6.07, 6.45) is 2.31. The van der Waals surface area contributed by atoms with Crippen molar-refractivity contribution in [2.24, 2.45) is 23.7 Å². The molecule has 2 aliphatic heterocycles. The fourth-order valence-electron chi connectivity index (χ4n) is 9.73. The number of para-hydroxylation sites is 1. The molecule has 13 heteroatoms. The van der Waals surface area contributed by atoms with E-state index in [1.54, 1.807) is 67.8 Å². The average Bonchev–Trinajstić information content (AvgIpc) is 3.63. The number of nitrogens with one attached hydrogen (secondary N) is 2. The van der Waals surface area contributed by atoms with E-state index in [1.807, 2.05) is 48.5 Å². The summed E-state index contributed by atoms with van der Waals surface area (Å²) in [5.74, 6) is -5.10. The molecule has 3 N–H and O–H groups in total. The number of aromatic hydroxyl groups is 1. The number of halogens is 2. The Bertz CT molecular complexity index is 2550. The molecule has 1 saturated carbocycles. The van der Waals surface area contributed by atoms with Crippen LogP contribution in [-0.4, -0.2) is 48.0 Å². The molecule has 2 saturated heterocycles. The summed E-state index contributed by atoms with van der Waals surface area (Å²) in [5.41, 5.74) is 5.74. The van der Waals surface area contributed by atoms with Crippen LogP contribution in [0.15, 0.2) is 127 Å². The third-order valence-electron chi connectivity index (χ3n) is 12.3. The van der Waals surface area contributed by atoms with Gasteiger partial charge in [-0.2, -0.15) is 5.01 Å². The van der Waals surface area contributed by atoms with Crippen molar-refractivity contribution in [3.05, 3.63) is 148 Å². The number of hydrogen-bond donors (Lipinski definition) is 3. The molecule has 3 fully saturated rings. The first kappa shape index (κ1) is 38.2. The van der Waals surface area contributed by atoms with E-state index in [4.69, 9.17) is 32.7 Å². The van der Waals surface area contributed by atoms with Crippen LogP contribution in [0.1, 0.15) is 29.9 Å². The lowest BCUT2D eigenvalue weighted by molar-refractivity contribution is -0.138. The zero-order valence-corrected chi connectivity index (χ0v) is 33.4. The summed E-state index contributed by atoms with van der Waals surface area (Å²) in [7, 11) is 2.98. The van der Waals surface area contributed by atoms with Gasteiger partial charge in [0.15, 0.2) is 11.5 Å². The molecular weight excluding hydrogens is 791 g/mol. The second kappa shape index (κ2) is 14.8. The zero-order chi connectivity index (χ0) is 41.2. The number of hydrazine groups is 1. The van der Waals surface area contributed by atoms with Crippen LogP contribution < -0.4 is 25.1 Å². The first-order valence-electron chi connectivity index (χ1n) is 19.2. The molecule has 0 aromatic heterocycles. The molecule has 0 spiro atoms. The number of nitrogens with zero attached hydrogens (tertiary/aromatic N) is 2. The predicted molar refractivity (Wildman–Crippen MR) is 224 cm³/mol. The lowest BCUT2D eigenvalue weighted by Gasteiger charge is -2.50. The minimum atomic E-state index is -1.57. The van der Waals surface area contributed by atoms with Gasteiger partial charge in [-0.05, 0) is 109 Å². The molecule has 59 heavy (non-hydrogen) atoms. The number of hydrogen-bond acceptors (Lipinski definition) is 9. The van der Waals surface area contributed by atoms with Gasteiger partial charge >= 0.3 is 0 Å². The van der Waals surface area contributed by atoms with Crippen molar-refractivity contribution < 1.29 is 33.8 Å². The van der Waals surface area contributed by atoms with Gasteiger partial charge in [-0.1, -0.05) is 71.2 Å². The molecule has 11 nitrogen and oxygen atoms in total. The van der Waals surface area contributed by atoms with Gasteiger partial charge in [0.25, 0.3) is 11.8 Å². The van der Waals surface area contributed by atoms with E-state index in [0.29, 0.717) is 27.6 Å². The molecule has 6 atom stereocenters. The van der Waals surface area contributed by atoms with Crippen LogP contribution in [0.3, 0.4) is 0 Å². The van der Waals surface area contributed by atoms with Gasteiger partial charge in [0, 0.05) is 22.3 Å². The second-order valence-electron chi connectivity index (χ2n) is 15.2. The van der Waals surface area contributed by atoms with Crippen molar-refractivity contribution in [3.63, 3.8) is 0 Å². The number of ether oxygens (including phenoxy) is 2. The molecule has 298 valence electrons. The number of amides is 4. The molecule has 0 radical (unpaired) electrons. The van der Waals surface area contributed by atoms with E-state index in [2.05, 4.69) is 10.7 Å². The summed E-state index contributed by atoms with van der Waals surface area (Å²) in [4.78, 5) is 60.9. The molecule has 5 aromatic rings. The molecule has 4 aliphatic rings. The van der Waals surface area contributed by atoms with Crippen LogP contribution in [0.4, 0.5) is 22.7 Å². The Morgan fingerprint density at radius 2 is 1.49 bits per heavy atom. The Kier molecular flexibility index (Phi) is 9.60. The standard InChI is InChI=1S/C46H38Cl2N4O7/c1-58-31-16-9-26(10-17-31)46-35(43(55)52(45(46)57)50-37-20-11-27(47)23-36(37)48)24-34-32(41(46)25-8-21-38(53)39(22-25)59-2)18-19-33-40(34)44(56)51(42(33)54)30-14-12-29(13-15-30)49-28-6-4-3-5-7-28/h3-18,20-23,33-35,40-41,49-50,53H,19,24H2,1-2H3. The fraction of sp³-hybridized carbons (Fsp3) is 0.217. The molecule has 2 heterocycles. The predicted octanol–water partition coefficient (Wildman–Crippen LogP) is 8.65. The summed E-state index contributed by atoms with van der Waals surface area (Å²) >= 11 is 12.8. The van der Waals surface area contributed by atoms with Gasteiger partial charge in [-0.3, -0.25) is 29.5 Å². The quantitative estimate of drug-likeness (QED) is 0.0985. The minimum absolute atomic E-state index is 0.0919. The number of phenolic OH excluding ortho intramolecular Hbond substituents is 1. The Morgan fingerprint density at radius 3 is 2.19 bits per heavy atom. The Morgan fingerprint density at radius 1 is 0.763 bits per heavy atom. The molecular formula is C46H38Cl2N4O7. The molecule has 5 aromatic carbocycles. The van der Waals surface area contributed by atoms with Crippen LogP contribution in [0.2, 0.25) is 10.0 Å². The average molecular weight is 830 g/mol. The molecule has 4 amide bonds. The summed E-state index contributed by atoms with van der Waals surface area (Å²) < 4.78 is 11.1. The number of fused-ring (bicyclic) bond motifs is 4. The van der Waals surface area contributed by atoms with Gasteiger partial charge in [0.2, 0.25) is 11.8 Å². The van der Waals surface area contributed by atoms with E-state index >= 15 is 9.59 Å². The van der Waals surface area contributed by atoms with Gasteiger partial charge in [0.1, 0.15) is 5.75 Å². The number of phenols is 1. The number of methoxy groups -OCH3 is 2. The minimum Gasteiger partial charge on any atom is -0.504 e. The number of carbonyl (C=O) groups is 4. The van der Waals surface area contributed by atoms with Crippen molar-refractivity contribution in [2.45, 2.75) is 24.2 Å². The highest BCUT2D eigenvalue weighted by molar-refractivity contribution is 6.36. The topological polar surface area (TPSA) is 138 Å². The zero-order valence-electron chi connectivity index (χ0n) is 31.9. The monoisotopic (exact) mass is 828 g/mol. The number of anilines is 4. The lowest BCUT2D eigenvalue weighted by Crippen LogP contribution is -2.53. The van der Waals surface area contributed by atoms with Gasteiger partial charge in [0.05, 0.1) is 53.8 Å². The Balaban J connectivity index is 1.17. The molecule has 0 bridgehead atoms. The van der Waals surface area contributed by atoms with Crippen LogP contribution in [0.25, 0.3) is 0 Å². The largest absolute Gasteiger partial charge is 0.504 e. The normalized spacial score (nSPS) is 24.6. The highest BCUT2D eigenvalue weighted by atomic mass is 35.5. The summed E-state index contributed by atoms with van der Waals surface area (Å²) in [5, 5.41) is 15.7. The van der Waals surface area contributed by atoms with Gasteiger partial charge in [-0.15, -0.1) is 0 Å². The number of allylic oxidation sites excluding steroid dienone is 2. The van der Waals surface area contributed by atoms with Crippen LogP contribution in [-0.2, 0) is 24.6 Å². The third-order valence-corrected chi connectivity index (χ3v) is 12.9. The lowest BCUT2D eigenvalue weighted by atomic mass is 9.49. The maximum Gasteiger partial charge on any atom is 0.260 e. The molecule has 2 aliphatic carbocycles. The summed E-state index contributed by atoms with van der Waals surface area (Å²) in [6.45, 7) is 0. The highest BCUT2D eigenvalue weighted by Gasteiger charge is 2.70. The van der Waals surface area contributed by atoms with Crippen molar-refractivity contribution >= 4 is 69.6 Å². The first-order chi connectivity index (χ1) is 28.5. The Labute approximate surface area is 350 Å². The number of benzene rings is 5. The number of rotatable bonds is 9. The van der Waals surface area contributed by atoms with E-state index < -0.39 is 46.8 Å².